The molecule has 0 aliphatic carbocycles. The van der Waals surface area contributed by atoms with Gasteiger partial charge < -0.3 is 0 Å². The third kappa shape index (κ3) is 3.65. The molecule has 2 heteroatoms. The highest BCUT2D eigenvalue weighted by Crippen LogP contribution is 2.43. The Morgan fingerprint density at radius 3 is 1.60 bits per heavy atom. The van der Waals surface area contributed by atoms with Crippen LogP contribution in [0.2, 0.25) is 0 Å². The SMILES string of the molecule is c1cncc(-c2ccc(-c3ccc4ccc5ccc(-c6cccc(-c7ccncc7)c6)c6ccc3c4c56)cc2)c1. The molecule has 0 saturated heterocycles. The minimum absolute atomic E-state index is 1.13. The molecular weight excluding hydrogens is 484 g/mol. The van der Waals surface area contributed by atoms with Gasteiger partial charge in [-0.15, -0.1) is 0 Å². The molecule has 2 nitrogen and oxygen atoms in total. The lowest BCUT2D eigenvalue weighted by Gasteiger charge is -2.17. The lowest BCUT2D eigenvalue weighted by Crippen LogP contribution is -1.90. The van der Waals surface area contributed by atoms with E-state index in [1.807, 2.05) is 30.9 Å². The first kappa shape index (κ1) is 22.6. The summed E-state index contributed by atoms with van der Waals surface area (Å²) in [6, 6.07) is 44.1. The van der Waals surface area contributed by atoms with Crippen molar-refractivity contribution >= 4 is 32.3 Å². The van der Waals surface area contributed by atoms with Gasteiger partial charge in [0, 0.05) is 24.8 Å². The zero-order valence-corrected chi connectivity index (χ0v) is 21.8. The highest BCUT2D eigenvalue weighted by molar-refractivity contribution is 6.27. The highest BCUT2D eigenvalue weighted by Gasteiger charge is 2.15. The first-order valence-corrected chi connectivity index (χ1v) is 13.6. The van der Waals surface area contributed by atoms with Crippen LogP contribution in [0.3, 0.4) is 0 Å². The Morgan fingerprint density at radius 2 is 0.925 bits per heavy atom. The Hall–Kier alpha value is -5.34. The maximum atomic E-state index is 4.28. The molecule has 0 aliphatic rings. The number of aromatic nitrogens is 2. The normalized spacial score (nSPS) is 11.5. The Labute approximate surface area is 232 Å². The summed E-state index contributed by atoms with van der Waals surface area (Å²) in [6.07, 6.45) is 7.42. The number of pyridine rings is 2. The average molecular weight is 509 g/mol. The highest BCUT2D eigenvalue weighted by atomic mass is 14.6. The molecule has 0 amide bonds. The molecule has 0 radical (unpaired) electrons. The minimum Gasteiger partial charge on any atom is -0.265 e. The van der Waals surface area contributed by atoms with Gasteiger partial charge in [0.1, 0.15) is 0 Å². The Balaban J connectivity index is 1.30. The lowest BCUT2D eigenvalue weighted by molar-refractivity contribution is 1.33. The largest absolute Gasteiger partial charge is 0.265 e. The molecule has 8 rings (SSSR count). The number of rotatable bonds is 4. The quantitative estimate of drug-likeness (QED) is 0.221. The van der Waals surface area contributed by atoms with E-state index in [0.717, 1.165) is 5.56 Å². The third-order valence-corrected chi connectivity index (χ3v) is 8.04. The van der Waals surface area contributed by atoms with Crippen LogP contribution < -0.4 is 0 Å². The number of hydrogen-bond acceptors (Lipinski definition) is 2. The van der Waals surface area contributed by atoms with E-state index in [1.54, 1.807) is 0 Å². The second-order valence-corrected chi connectivity index (χ2v) is 10.3. The Kier molecular flexibility index (Phi) is 5.17. The Morgan fingerprint density at radius 1 is 0.350 bits per heavy atom. The monoisotopic (exact) mass is 508 g/mol. The van der Waals surface area contributed by atoms with Gasteiger partial charge in [-0.3, -0.25) is 9.97 Å². The summed E-state index contributed by atoms with van der Waals surface area (Å²) in [5, 5.41) is 7.77. The zero-order valence-electron chi connectivity index (χ0n) is 21.8. The molecule has 0 atom stereocenters. The van der Waals surface area contributed by atoms with E-state index in [2.05, 4.69) is 125 Å². The van der Waals surface area contributed by atoms with Crippen LogP contribution in [0.5, 0.6) is 0 Å². The molecule has 40 heavy (non-hydrogen) atoms. The molecule has 0 fully saturated rings. The summed E-state index contributed by atoms with van der Waals surface area (Å²) < 4.78 is 0. The maximum absolute atomic E-state index is 4.28. The van der Waals surface area contributed by atoms with Crippen LogP contribution in [0.4, 0.5) is 0 Å². The predicted molar refractivity (Wildman–Crippen MR) is 167 cm³/mol. The first-order chi connectivity index (χ1) is 19.8. The smallest absolute Gasteiger partial charge is 0.0346 e. The summed E-state index contributed by atoms with van der Waals surface area (Å²) in [7, 11) is 0. The minimum atomic E-state index is 1.13. The number of benzene rings is 6. The fourth-order valence-electron chi connectivity index (χ4n) is 6.09. The van der Waals surface area contributed by atoms with E-state index in [0.29, 0.717) is 0 Å². The van der Waals surface area contributed by atoms with Crippen LogP contribution in [0.15, 0.2) is 146 Å². The van der Waals surface area contributed by atoms with Crippen LogP contribution in [0.25, 0.3) is 76.8 Å². The molecule has 0 bridgehead atoms. The summed E-state index contributed by atoms with van der Waals surface area (Å²) in [6.45, 7) is 0. The fourth-order valence-corrected chi connectivity index (χ4v) is 6.09. The molecule has 6 aromatic carbocycles. The molecule has 0 aliphatic heterocycles. The molecule has 8 aromatic rings. The topological polar surface area (TPSA) is 25.8 Å². The molecule has 0 spiro atoms. The van der Waals surface area contributed by atoms with Crippen molar-refractivity contribution in [2.75, 3.05) is 0 Å². The van der Waals surface area contributed by atoms with Gasteiger partial charge in [-0.2, -0.15) is 0 Å². The van der Waals surface area contributed by atoms with E-state index < -0.39 is 0 Å². The maximum Gasteiger partial charge on any atom is 0.0346 e. The zero-order chi connectivity index (χ0) is 26.5. The summed E-state index contributed by atoms with van der Waals surface area (Å²) in [4.78, 5) is 8.46. The van der Waals surface area contributed by atoms with Crippen LogP contribution >= 0.6 is 0 Å². The van der Waals surface area contributed by atoms with E-state index >= 15 is 0 Å². The van der Waals surface area contributed by atoms with Crippen LogP contribution in [-0.2, 0) is 0 Å². The average Bonchev–Trinajstić information content (AvgIpc) is 3.04. The van der Waals surface area contributed by atoms with Crippen LogP contribution in [0, 0.1) is 0 Å². The summed E-state index contributed by atoms with van der Waals surface area (Å²) >= 11 is 0. The van der Waals surface area contributed by atoms with E-state index in [9.17, 15) is 0 Å². The van der Waals surface area contributed by atoms with Crippen molar-refractivity contribution in [3.8, 4) is 44.5 Å². The number of hydrogen-bond donors (Lipinski definition) is 0. The molecule has 186 valence electrons. The standard InChI is InChI=1S/C38H24N2/c1-3-30(26-18-21-39-22-19-26)23-31(4-1)34-15-13-29-11-10-28-12-14-33(35-16-17-36(34)38(29)37(28)35)27-8-6-25(7-9-27)32-5-2-20-40-24-32/h1-24H. The molecule has 2 aromatic heterocycles. The third-order valence-electron chi connectivity index (χ3n) is 8.04. The van der Waals surface area contributed by atoms with Gasteiger partial charge in [-0.1, -0.05) is 97.1 Å². The van der Waals surface area contributed by atoms with Gasteiger partial charge in [-0.25, -0.2) is 0 Å². The van der Waals surface area contributed by atoms with Crippen LogP contribution in [-0.4, -0.2) is 9.97 Å². The van der Waals surface area contributed by atoms with Gasteiger partial charge in [0.25, 0.3) is 0 Å². The van der Waals surface area contributed by atoms with Crippen molar-refractivity contribution in [2.24, 2.45) is 0 Å². The van der Waals surface area contributed by atoms with E-state index in [4.69, 9.17) is 0 Å². The molecular formula is C38H24N2. The van der Waals surface area contributed by atoms with Gasteiger partial charge in [-0.05, 0) is 101 Å². The lowest BCUT2D eigenvalue weighted by atomic mass is 9.86. The predicted octanol–water partition coefficient (Wildman–Crippen LogP) is 10.0. The van der Waals surface area contributed by atoms with Crippen molar-refractivity contribution in [1.82, 2.24) is 9.97 Å². The van der Waals surface area contributed by atoms with Crippen molar-refractivity contribution in [2.45, 2.75) is 0 Å². The van der Waals surface area contributed by atoms with Crippen LogP contribution in [0.1, 0.15) is 0 Å². The van der Waals surface area contributed by atoms with Gasteiger partial charge in [0.05, 0.1) is 0 Å². The summed E-state index contributed by atoms with van der Waals surface area (Å²) in [5.41, 5.74) is 9.62. The molecule has 0 N–H and O–H groups in total. The van der Waals surface area contributed by atoms with Crippen molar-refractivity contribution in [3.05, 3.63) is 146 Å². The van der Waals surface area contributed by atoms with Gasteiger partial charge in [0.15, 0.2) is 0 Å². The van der Waals surface area contributed by atoms with E-state index in [1.165, 1.54) is 71.3 Å². The second-order valence-electron chi connectivity index (χ2n) is 10.3. The number of nitrogens with zero attached hydrogens (tertiary/aromatic N) is 2. The molecule has 2 heterocycles. The van der Waals surface area contributed by atoms with Gasteiger partial charge in [0.2, 0.25) is 0 Å². The Bertz CT molecular complexity index is 2130. The van der Waals surface area contributed by atoms with Crippen molar-refractivity contribution in [3.63, 3.8) is 0 Å². The first-order valence-electron chi connectivity index (χ1n) is 13.6. The molecule has 0 saturated carbocycles. The molecule has 0 unspecified atom stereocenters. The van der Waals surface area contributed by atoms with E-state index in [-0.39, 0.29) is 0 Å². The van der Waals surface area contributed by atoms with Crippen molar-refractivity contribution < 1.29 is 0 Å². The van der Waals surface area contributed by atoms with Crippen molar-refractivity contribution in [1.29, 1.82) is 0 Å². The summed E-state index contributed by atoms with van der Waals surface area (Å²) in [5.74, 6) is 0. The second kappa shape index (κ2) is 9.14. The van der Waals surface area contributed by atoms with Gasteiger partial charge >= 0.3 is 0 Å². The fraction of sp³-hybridized carbons (Fsp3) is 0.